The lowest BCUT2D eigenvalue weighted by molar-refractivity contribution is -0.121. The van der Waals surface area contributed by atoms with Gasteiger partial charge in [0.05, 0.1) is 41.4 Å². The molecule has 0 saturated carbocycles. The number of nitrogens with zero attached hydrogens (tertiary/aromatic N) is 4. The molecule has 0 radical (unpaired) electrons. The summed E-state index contributed by atoms with van der Waals surface area (Å²) in [6.07, 6.45) is 2.69. The zero-order valence-corrected chi connectivity index (χ0v) is 20.4. The summed E-state index contributed by atoms with van der Waals surface area (Å²) in [5.74, 6) is 1.27. The number of sulfonamides is 1. The predicted octanol–water partition coefficient (Wildman–Crippen LogP) is 2.40. The standard InChI is InChI=1S/C23H31N5O5S/c1-3-4-9-28-21-6-5-19(34(30,31)27-10-12-32-13-11-27)15-20(21)25-22(28)7-8-23(29)24-16-18-14-17(2)26-33-18/h5-6,14-15H,3-4,7-13,16H2,1-2H3,(H,24,29). The lowest BCUT2D eigenvalue weighted by Gasteiger charge is -2.26. The van der Waals surface area contributed by atoms with Crippen LogP contribution >= 0.6 is 0 Å². The number of rotatable bonds is 10. The van der Waals surface area contributed by atoms with E-state index in [0.717, 1.165) is 36.4 Å². The average Bonchev–Trinajstić information content (AvgIpc) is 3.42. The maximum atomic E-state index is 13.1. The Kier molecular flexibility index (Phi) is 7.64. The van der Waals surface area contributed by atoms with E-state index in [1.165, 1.54) is 4.31 Å². The van der Waals surface area contributed by atoms with Gasteiger partial charge in [0.1, 0.15) is 5.82 Å². The summed E-state index contributed by atoms with van der Waals surface area (Å²) in [6, 6.07) is 6.89. The summed E-state index contributed by atoms with van der Waals surface area (Å²) in [5.41, 5.74) is 2.27. The molecule has 4 rings (SSSR count). The molecule has 34 heavy (non-hydrogen) atoms. The van der Waals surface area contributed by atoms with Crippen LogP contribution in [0, 0.1) is 6.92 Å². The molecule has 3 aromatic rings. The van der Waals surface area contributed by atoms with E-state index in [2.05, 4.69) is 22.0 Å². The molecule has 2 aromatic heterocycles. The Bertz CT molecular complexity index is 1240. The molecule has 184 valence electrons. The first-order chi connectivity index (χ1) is 16.4. The van der Waals surface area contributed by atoms with E-state index >= 15 is 0 Å². The van der Waals surface area contributed by atoms with E-state index < -0.39 is 10.0 Å². The van der Waals surface area contributed by atoms with Crippen LogP contribution in [0.25, 0.3) is 11.0 Å². The van der Waals surface area contributed by atoms with Gasteiger partial charge in [0.25, 0.3) is 0 Å². The van der Waals surface area contributed by atoms with Crippen molar-refractivity contribution in [3.8, 4) is 0 Å². The monoisotopic (exact) mass is 489 g/mol. The summed E-state index contributed by atoms with van der Waals surface area (Å²) < 4.78 is 40.1. The van der Waals surface area contributed by atoms with Crippen LogP contribution in [0.4, 0.5) is 0 Å². The molecule has 1 aliphatic heterocycles. The van der Waals surface area contributed by atoms with Gasteiger partial charge in [0.15, 0.2) is 5.76 Å². The summed E-state index contributed by atoms with van der Waals surface area (Å²) in [5, 5.41) is 6.65. The molecule has 3 heterocycles. The minimum Gasteiger partial charge on any atom is -0.379 e. The third kappa shape index (κ3) is 5.48. The number of unbranched alkanes of at least 4 members (excludes halogenated alkanes) is 1. The van der Waals surface area contributed by atoms with Crippen LogP contribution in [0.15, 0.2) is 33.7 Å². The number of carbonyl (C=O) groups is 1. The van der Waals surface area contributed by atoms with Crippen molar-refractivity contribution in [2.75, 3.05) is 26.3 Å². The van der Waals surface area contributed by atoms with Gasteiger partial charge >= 0.3 is 0 Å². The predicted molar refractivity (Wildman–Crippen MR) is 126 cm³/mol. The quantitative estimate of drug-likeness (QED) is 0.464. The maximum absolute atomic E-state index is 13.1. The first-order valence-electron chi connectivity index (χ1n) is 11.6. The number of carbonyl (C=O) groups excluding carboxylic acids is 1. The third-order valence-corrected chi connectivity index (χ3v) is 7.75. The molecule has 1 amide bonds. The Balaban J connectivity index is 1.51. The van der Waals surface area contributed by atoms with Crippen LogP contribution in [-0.4, -0.2) is 59.6 Å². The summed E-state index contributed by atoms with van der Waals surface area (Å²) >= 11 is 0. The van der Waals surface area contributed by atoms with Crippen molar-refractivity contribution in [3.63, 3.8) is 0 Å². The molecule has 0 aliphatic carbocycles. The van der Waals surface area contributed by atoms with Gasteiger partial charge in [-0.1, -0.05) is 18.5 Å². The van der Waals surface area contributed by atoms with E-state index in [-0.39, 0.29) is 23.8 Å². The van der Waals surface area contributed by atoms with Crippen molar-refractivity contribution in [1.29, 1.82) is 0 Å². The Morgan fingerprint density at radius 2 is 2.00 bits per heavy atom. The molecular formula is C23H31N5O5S. The highest BCUT2D eigenvalue weighted by Gasteiger charge is 2.27. The fourth-order valence-corrected chi connectivity index (χ4v) is 5.44. The van der Waals surface area contributed by atoms with Crippen molar-refractivity contribution >= 4 is 27.0 Å². The van der Waals surface area contributed by atoms with Crippen LogP contribution in [0.2, 0.25) is 0 Å². The smallest absolute Gasteiger partial charge is 0.243 e. The lowest BCUT2D eigenvalue weighted by atomic mass is 10.2. The molecule has 0 spiro atoms. The van der Waals surface area contributed by atoms with E-state index in [1.807, 2.05) is 13.0 Å². The van der Waals surface area contributed by atoms with Gasteiger partial charge in [0.2, 0.25) is 15.9 Å². The zero-order valence-electron chi connectivity index (χ0n) is 19.6. The highest BCUT2D eigenvalue weighted by Crippen LogP contribution is 2.24. The SMILES string of the molecule is CCCCn1c(CCC(=O)NCc2cc(C)no2)nc2cc(S(=O)(=O)N3CCOCC3)ccc21. The lowest BCUT2D eigenvalue weighted by Crippen LogP contribution is -2.40. The zero-order chi connectivity index (χ0) is 24.1. The van der Waals surface area contributed by atoms with Crippen LogP contribution in [0.1, 0.15) is 43.5 Å². The minimum atomic E-state index is -3.61. The highest BCUT2D eigenvalue weighted by molar-refractivity contribution is 7.89. The van der Waals surface area contributed by atoms with E-state index in [1.54, 1.807) is 18.2 Å². The van der Waals surface area contributed by atoms with Gasteiger partial charge in [-0.05, 0) is 31.5 Å². The van der Waals surface area contributed by atoms with E-state index in [4.69, 9.17) is 14.2 Å². The second-order valence-electron chi connectivity index (χ2n) is 8.41. The Morgan fingerprint density at radius 3 is 2.71 bits per heavy atom. The summed E-state index contributed by atoms with van der Waals surface area (Å²) in [4.78, 5) is 17.3. The number of aromatic nitrogens is 3. The van der Waals surface area contributed by atoms with Crippen LogP contribution in [0.5, 0.6) is 0 Å². The van der Waals surface area contributed by atoms with Gasteiger partial charge in [-0.2, -0.15) is 4.31 Å². The molecule has 1 N–H and O–H groups in total. The van der Waals surface area contributed by atoms with Gasteiger partial charge in [-0.3, -0.25) is 4.79 Å². The Hall–Kier alpha value is -2.76. The number of ether oxygens (including phenoxy) is 1. The van der Waals surface area contributed by atoms with Crippen LogP contribution in [-0.2, 0) is 39.1 Å². The van der Waals surface area contributed by atoms with Crippen LogP contribution < -0.4 is 5.32 Å². The average molecular weight is 490 g/mol. The molecule has 11 heteroatoms. The van der Waals surface area contributed by atoms with Crippen molar-refractivity contribution in [2.45, 2.75) is 57.5 Å². The minimum absolute atomic E-state index is 0.112. The number of amides is 1. The number of hydrogen-bond donors (Lipinski definition) is 1. The molecule has 0 atom stereocenters. The number of nitrogens with one attached hydrogen (secondary N) is 1. The number of benzene rings is 1. The molecule has 0 unspecified atom stereocenters. The van der Waals surface area contributed by atoms with Gasteiger partial charge in [0, 0.05) is 38.5 Å². The number of imidazole rings is 1. The molecule has 1 aromatic carbocycles. The topological polar surface area (TPSA) is 120 Å². The number of morpholine rings is 1. The number of aryl methyl sites for hydroxylation is 3. The molecular weight excluding hydrogens is 458 g/mol. The largest absolute Gasteiger partial charge is 0.379 e. The second kappa shape index (κ2) is 10.7. The first-order valence-corrected chi connectivity index (χ1v) is 13.1. The molecule has 1 saturated heterocycles. The summed E-state index contributed by atoms with van der Waals surface area (Å²) in [7, 11) is -3.61. The fourth-order valence-electron chi connectivity index (χ4n) is 4.01. The van der Waals surface area contributed by atoms with Gasteiger partial charge < -0.3 is 19.1 Å². The first kappa shape index (κ1) is 24.4. The fraction of sp³-hybridized carbons (Fsp3) is 0.522. The van der Waals surface area contributed by atoms with E-state index in [9.17, 15) is 13.2 Å². The second-order valence-corrected chi connectivity index (χ2v) is 10.3. The van der Waals surface area contributed by atoms with Crippen molar-refractivity contribution in [3.05, 3.63) is 41.5 Å². The molecule has 0 bridgehead atoms. The number of fused-ring (bicyclic) bond motifs is 1. The van der Waals surface area contributed by atoms with E-state index in [0.29, 0.717) is 44.0 Å². The number of hydrogen-bond acceptors (Lipinski definition) is 7. The van der Waals surface area contributed by atoms with Crippen LogP contribution in [0.3, 0.4) is 0 Å². The Morgan fingerprint density at radius 1 is 1.21 bits per heavy atom. The summed E-state index contributed by atoms with van der Waals surface area (Å²) in [6.45, 7) is 6.48. The van der Waals surface area contributed by atoms with Crippen molar-refractivity contribution in [2.24, 2.45) is 0 Å². The van der Waals surface area contributed by atoms with Gasteiger partial charge in [-0.25, -0.2) is 13.4 Å². The molecule has 1 fully saturated rings. The third-order valence-electron chi connectivity index (χ3n) is 5.85. The normalized spacial score (nSPS) is 15.1. The Labute approximate surface area is 199 Å². The van der Waals surface area contributed by atoms with Crippen molar-refractivity contribution in [1.82, 2.24) is 24.3 Å². The maximum Gasteiger partial charge on any atom is 0.243 e. The van der Waals surface area contributed by atoms with Gasteiger partial charge in [-0.15, -0.1) is 0 Å². The molecule has 10 nitrogen and oxygen atoms in total. The molecule has 1 aliphatic rings. The van der Waals surface area contributed by atoms with Crippen molar-refractivity contribution < 1.29 is 22.5 Å². The highest BCUT2D eigenvalue weighted by atomic mass is 32.2.